The molecule has 1 heterocycles. The first-order valence-electron chi connectivity index (χ1n) is 5.57. The SMILES string of the molecule is CNS(=O)(=O)N1CC(C)NCc2ccccc21. The van der Waals surface area contributed by atoms with Gasteiger partial charge >= 0.3 is 10.2 Å². The molecule has 2 rings (SSSR count). The number of hydrogen-bond acceptors (Lipinski definition) is 3. The predicted molar refractivity (Wildman–Crippen MR) is 68.1 cm³/mol. The van der Waals surface area contributed by atoms with Crippen LogP contribution in [0.15, 0.2) is 24.3 Å². The highest BCUT2D eigenvalue weighted by molar-refractivity contribution is 7.90. The summed E-state index contributed by atoms with van der Waals surface area (Å²) in [6, 6.07) is 7.67. The minimum atomic E-state index is -3.45. The van der Waals surface area contributed by atoms with Gasteiger partial charge in [0.05, 0.1) is 12.2 Å². The normalized spacial score (nSPS) is 20.8. The van der Waals surface area contributed by atoms with Crippen LogP contribution in [0, 0.1) is 0 Å². The largest absolute Gasteiger partial charge is 0.308 e. The maximum Gasteiger partial charge on any atom is 0.301 e. The Balaban J connectivity index is 2.50. The van der Waals surface area contributed by atoms with Gasteiger partial charge in [-0.3, -0.25) is 4.31 Å². The van der Waals surface area contributed by atoms with Gasteiger partial charge in [-0.1, -0.05) is 18.2 Å². The molecule has 1 unspecified atom stereocenters. The van der Waals surface area contributed by atoms with Gasteiger partial charge in [-0.15, -0.1) is 0 Å². The Morgan fingerprint density at radius 3 is 2.82 bits per heavy atom. The van der Waals surface area contributed by atoms with E-state index in [0.29, 0.717) is 13.1 Å². The number of hydrogen-bond donors (Lipinski definition) is 2. The molecule has 1 aromatic rings. The Labute approximate surface area is 102 Å². The van der Waals surface area contributed by atoms with E-state index >= 15 is 0 Å². The Hall–Kier alpha value is -1.11. The Kier molecular flexibility index (Phi) is 3.37. The minimum Gasteiger partial charge on any atom is -0.308 e. The molecule has 0 amide bonds. The van der Waals surface area contributed by atoms with E-state index in [4.69, 9.17) is 0 Å². The highest BCUT2D eigenvalue weighted by atomic mass is 32.2. The second kappa shape index (κ2) is 4.64. The van der Waals surface area contributed by atoms with E-state index in [-0.39, 0.29) is 6.04 Å². The molecule has 5 nitrogen and oxygen atoms in total. The van der Waals surface area contributed by atoms with E-state index in [9.17, 15) is 8.42 Å². The summed E-state index contributed by atoms with van der Waals surface area (Å²) in [4.78, 5) is 0. The summed E-state index contributed by atoms with van der Waals surface area (Å²) in [5.74, 6) is 0. The highest BCUT2D eigenvalue weighted by Gasteiger charge is 2.26. The van der Waals surface area contributed by atoms with Gasteiger partial charge in [-0.2, -0.15) is 8.42 Å². The molecule has 0 spiro atoms. The van der Waals surface area contributed by atoms with Crippen molar-refractivity contribution >= 4 is 15.9 Å². The van der Waals surface area contributed by atoms with Crippen LogP contribution in [0.4, 0.5) is 5.69 Å². The Morgan fingerprint density at radius 1 is 1.41 bits per heavy atom. The fourth-order valence-corrected chi connectivity index (χ4v) is 3.01. The predicted octanol–water partition coefficient (Wildman–Crippen LogP) is 0.449. The first-order chi connectivity index (χ1) is 8.04. The lowest BCUT2D eigenvalue weighted by molar-refractivity contribution is 0.552. The van der Waals surface area contributed by atoms with Gasteiger partial charge in [0.25, 0.3) is 0 Å². The molecule has 94 valence electrons. The number of nitrogens with one attached hydrogen (secondary N) is 2. The summed E-state index contributed by atoms with van der Waals surface area (Å²) >= 11 is 0. The monoisotopic (exact) mass is 255 g/mol. The molecule has 1 aliphatic rings. The number of anilines is 1. The van der Waals surface area contributed by atoms with Crippen molar-refractivity contribution in [2.45, 2.75) is 19.5 Å². The lowest BCUT2D eigenvalue weighted by Crippen LogP contribution is -2.44. The van der Waals surface area contributed by atoms with E-state index in [1.165, 1.54) is 11.4 Å². The molecule has 1 aliphatic heterocycles. The fraction of sp³-hybridized carbons (Fsp3) is 0.455. The van der Waals surface area contributed by atoms with Crippen molar-refractivity contribution < 1.29 is 8.42 Å². The number of fused-ring (bicyclic) bond motifs is 1. The van der Waals surface area contributed by atoms with Crippen LogP contribution in [0.25, 0.3) is 0 Å². The third-order valence-electron chi connectivity index (χ3n) is 2.89. The maximum absolute atomic E-state index is 12.0. The summed E-state index contributed by atoms with van der Waals surface area (Å²) in [6.07, 6.45) is 0. The molecular weight excluding hydrogens is 238 g/mol. The summed E-state index contributed by atoms with van der Waals surface area (Å²) in [7, 11) is -2.02. The van der Waals surface area contributed by atoms with Gasteiger partial charge in [0.1, 0.15) is 0 Å². The molecule has 0 aliphatic carbocycles. The van der Waals surface area contributed by atoms with Crippen molar-refractivity contribution in [2.75, 3.05) is 17.9 Å². The molecular formula is C11H17N3O2S. The highest BCUT2D eigenvalue weighted by Crippen LogP contribution is 2.25. The van der Waals surface area contributed by atoms with Crippen LogP contribution in [0.3, 0.4) is 0 Å². The van der Waals surface area contributed by atoms with Crippen molar-refractivity contribution in [3.8, 4) is 0 Å². The standard InChI is InChI=1S/C11H17N3O2S/c1-9-8-14(17(15,16)12-2)11-6-4-3-5-10(11)7-13-9/h3-6,9,12-13H,7-8H2,1-2H3. The fourth-order valence-electron chi connectivity index (χ4n) is 1.94. The van der Waals surface area contributed by atoms with Crippen molar-refractivity contribution in [2.24, 2.45) is 0 Å². The first kappa shape index (κ1) is 12.3. The van der Waals surface area contributed by atoms with Gasteiger partial charge in [0.2, 0.25) is 0 Å². The second-order valence-electron chi connectivity index (χ2n) is 4.15. The van der Waals surface area contributed by atoms with Crippen molar-refractivity contribution in [1.82, 2.24) is 10.0 Å². The molecule has 2 N–H and O–H groups in total. The smallest absolute Gasteiger partial charge is 0.301 e. The zero-order valence-corrected chi connectivity index (χ0v) is 10.8. The molecule has 17 heavy (non-hydrogen) atoms. The van der Waals surface area contributed by atoms with Gasteiger partial charge in [0, 0.05) is 19.6 Å². The van der Waals surface area contributed by atoms with Crippen LogP contribution in [-0.2, 0) is 16.8 Å². The number of nitrogens with zero attached hydrogens (tertiary/aromatic N) is 1. The van der Waals surface area contributed by atoms with Gasteiger partial charge in [0.15, 0.2) is 0 Å². The molecule has 1 aromatic carbocycles. The zero-order valence-electron chi connectivity index (χ0n) is 9.97. The Bertz CT molecular complexity index is 501. The third-order valence-corrected chi connectivity index (χ3v) is 4.33. The lowest BCUT2D eigenvalue weighted by atomic mass is 10.2. The van der Waals surface area contributed by atoms with Crippen molar-refractivity contribution in [1.29, 1.82) is 0 Å². The summed E-state index contributed by atoms with van der Waals surface area (Å²) in [5, 5.41) is 3.29. The van der Waals surface area contributed by atoms with E-state index in [0.717, 1.165) is 11.3 Å². The molecule has 0 bridgehead atoms. The van der Waals surface area contributed by atoms with Gasteiger partial charge in [-0.05, 0) is 18.6 Å². The van der Waals surface area contributed by atoms with Crippen LogP contribution in [-0.4, -0.2) is 28.1 Å². The number of benzene rings is 1. The average molecular weight is 255 g/mol. The third kappa shape index (κ3) is 2.43. The number of rotatable bonds is 2. The van der Waals surface area contributed by atoms with Crippen LogP contribution < -0.4 is 14.3 Å². The van der Waals surface area contributed by atoms with E-state index < -0.39 is 10.2 Å². The topological polar surface area (TPSA) is 61.4 Å². The molecule has 0 radical (unpaired) electrons. The number of para-hydroxylation sites is 1. The summed E-state index contributed by atoms with van der Waals surface area (Å²) < 4.78 is 27.8. The first-order valence-corrected chi connectivity index (χ1v) is 7.01. The molecule has 6 heteroatoms. The molecule has 1 atom stereocenters. The van der Waals surface area contributed by atoms with Crippen molar-refractivity contribution in [3.05, 3.63) is 29.8 Å². The lowest BCUT2D eigenvalue weighted by Gasteiger charge is -2.25. The second-order valence-corrected chi connectivity index (χ2v) is 5.95. The summed E-state index contributed by atoms with van der Waals surface area (Å²) in [5.41, 5.74) is 1.74. The molecule has 0 saturated heterocycles. The van der Waals surface area contributed by atoms with Crippen LogP contribution in [0.2, 0.25) is 0 Å². The van der Waals surface area contributed by atoms with Crippen LogP contribution in [0.1, 0.15) is 12.5 Å². The molecule has 0 saturated carbocycles. The van der Waals surface area contributed by atoms with Gasteiger partial charge in [-0.25, -0.2) is 4.72 Å². The van der Waals surface area contributed by atoms with E-state index in [1.54, 1.807) is 0 Å². The maximum atomic E-state index is 12.0. The average Bonchev–Trinajstić information content (AvgIpc) is 2.50. The zero-order chi connectivity index (χ0) is 12.5. The summed E-state index contributed by atoms with van der Waals surface area (Å²) in [6.45, 7) is 3.09. The van der Waals surface area contributed by atoms with E-state index in [2.05, 4.69) is 10.0 Å². The van der Waals surface area contributed by atoms with Crippen LogP contribution in [0.5, 0.6) is 0 Å². The van der Waals surface area contributed by atoms with Gasteiger partial charge < -0.3 is 5.32 Å². The molecule has 0 fully saturated rings. The Morgan fingerprint density at radius 2 is 2.12 bits per heavy atom. The van der Waals surface area contributed by atoms with Crippen LogP contribution >= 0.6 is 0 Å². The quantitative estimate of drug-likeness (QED) is 0.806. The van der Waals surface area contributed by atoms with Crippen molar-refractivity contribution in [3.63, 3.8) is 0 Å². The molecule has 0 aromatic heterocycles. The minimum absolute atomic E-state index is 0.116. The van der Waals surface area contributed by atoms with E-state index in [1.807, 2.05) is 31.2 Å².